The molecule has 6 nitrogen and oxygen atoms in total. The maximum Gasteiger partial charge on any atom is 0.322 e. The Hall–Kier alpha value is -2.31. The zero-order chi connectivity index (χ0) is 16.0. The predicted molar refractivity (Wildman–Crippen MR) is 76.1 cm³/mol. The van der Waals surface area contributed by atoms with Crippen LogP contribution >= 0.6 is 0 Å². The Morgan fingerprint density at radius 1 is 1.43 bits per heavy atom. The van der Waals surface area contributed by atoms with E-state index >= 15 is 0 Å². The van der Waals surface area contributed by atoms with Gasteiger partial charge in [-0.05, 0) is 26.0 Å². The number of nitrogens with zero attached hydrogens (tertiary/aromatic N) is 1. The maximum atomic E-state index is 13.1. The van der Waals surface area contributed by atoms with Crippen molar-refractivity contribution < 1.29 is 23.8 Å². The predicted octanol–water partition coefficient (Wildman–Crippen LogP) is 2.55. The monoisotopic (exact) mass is 298 g/mol. The third-order valence-electron chi connectivity index (χ3n) is 2.86. The molecule has 7 heteroatoms. The van der Waals surface area contributed by atoms with Crippen molar-refractivity contribution in [3.8, 4) is 5.75 Å². The number of carbonyl (C=O) groups is 2. The number of rotatable bonds is 6. The Morgan fingerprint density at radius 2 is 2.10 bits per heavy atom. The summed E-state index contributed by atoms with van der Waals surface area (Å²) in [5.74, 6) is -1.26. The first kappa shape index (κ1) is 16.7. The summed E-state index contributed by atoms with van der Waals surface area (Å²) in [5.41, 5.74) is 0.324. The summed E-state index contributed by atoms with van der Waals surface area (Å²) in [4.78, 5) is 24.2. The summed E-state index contributed by atoms with van der Waals surface area (Å²) in [5, 5.41) is 11.3. The van der Waals surface area contributed by atoms with E-state index in [9.17, 15) is 14.0 Å². The summed E-state index contributed by atoms with van der Waals surface area (Å²) in [6.07, 6.45) is -0.147. The number of hydrogen-bond donors (Lipinski definition) is 2. The van der Waals surface area contributed by atoms with Crippen LogP contribution < -0.4 is 10.1 Å². The molecule has 0 unspecified atom stereocenters. The standard InChI is InChI=1S/C14H19FN2O4/c1-9(2)17(7-6-13(18)19)14(20)16-11-5-4-10(15)8-12(11)21-3/h4-5,8-9H,6-7H2,1-3H3,(H,16,20)(H,18,19). The van der Waals surface area contributed by atoms with Crippen molar-refractivity contribution in [2.24, 2.45) is 0 Å². The fraction of sp³-hybridized carbons (Fsp3) is 0.429. The van der Waals surface area contributed by atoms with Crippen LogP contribution in [0, 0.1) is 5.82 Å². The molecule has 0 aliphatic heterocycles. The highest BCUT2D eigenvalue weighted by Crippen LogP contribution is 2.25. The van der Waals surface area contributed by atoms with Gasteiger partial charge in [-0.3, -0.25) is 4.79 Å². The second-order valence-electron chi connectivity index (χ2n) is 4.71. The molecular weight excluding hydrogens is 279 g/mol. The molecule has 0 atom stereocenters. The number of urea groups is 1. The Balaban J connectivity index is 2.84. The summed E-state index contributed by atoms with van der Waals surface area (Å²) < 4.78 is 18.1. The minimum Gasteiger partial charge on any atom is -0.494 e. The number of carboxylic acids is 1. The Bertz CT molecular complexity index is 520. The van der Waals surface area contributed by atoms with Gasteiger partial charge in [0, 0.05) is 18.7 Å². The van der Waals surface area contributed by atoms with E-state index < -0.39 is 17.8 Å². The lowest BCUT2D eigenvalue weighted by molar-refractivity contribution is -0.137. The van der Waals surface area contributed by atoms with E-state index in [1.165, 1.54) is 24.1 Å². The van der Waals surface area contributed by atoms with Gasteiger partial charge in [0.05, 0.1) is 19.2 Å². The molecule has 0 saturated heterocycles. The lowest BCUT2D eigenvalue weighted by atomic mass is 10.2. The molecule has 0 fully saturated rings. The molecule has 0 aliphatic carbocycles. The number of halogens is 1. The molecule has 116 valence electrons. The topological polar surface area (TPSA) is 78.9 Å². The molecular formula is C14H19FN2O4. The van der Waals surface area contributed by atoms with Gasteiger partial charge in [-0.1, -0.05) is 0 Å². The molecule has 0 aliphatic rings. The first-order chi connectivity index (χ1) is 9.85. The smallest absolute Gasteiger partial charge is 0.322 e. The van der Waals surface area contributed by atoms with E-state index in [4.69, 9.17) is 9.84 Å². The van der Waals surface area contributed by atoms with E-state index in [-0.39, 0.29) is 24.8 Å². The van der Waals surface area contributed by atoms with Crippen LogP contribution in [0.2, 0.25) is 0 Å². The first-order valence-corrected chi connectivity index (χ1v) is 6.48. The molecule has 2 amide bonds. The average molecular weight is 298 g/mol. The molecule has 0 aromatic heterocycles. The van der Waals surface area contributed by atoms with Crippen molar-refractivity contribution in [1.82, 2.24) is 4.90 Å². The van der Waals surface area contributed by atoms with Crippen molar-refractivity contribution in [2.75, 3.05) is 19.0 Å². The number of amides is 2. The molecule has 0 radical (unpaired) electrons. The number of carbonyl (C=O) groups excluding carboxylic acids is 1. The van der Waals surface area contributed by atoms with Crippen LogP contribution in [0.1, 0.15) is 20.3 Å². The van der Waals surface area contributed by atoms with E-state index in [0.29, 0.717) is 5.69 Å². The molecule has 0 spiro atoms. The summed E-state index contributed by atoms with van der Waals surface area (Å²) >= 11 is 0. The van der Waals surface area contributed by atoms with Crippen LogP contribution in [0.25, 0.3) is 0 Å². The van der Waals surface area contributed by atoms with Gasteiger partial charge in [-0.2, -0.15) is 0 Å². The van der Waals surface area contributed by atoms with Crippen molar-refractivity contribution in [2.45, 2.75) is 26.3 Å². The highest BCUT2D eigenvalue weighted by atomic mass is 19.1. The molecule has 0 bridgehead atoms. The summed E-state index contributed by atoms with van der Waals surface area (Å²) in [6, 6.07) is 3.12. The summed E-state index contributed by atoms with van der Waals surface area (Å²) in [7, 11) is 1.37. The van der Waals surface area contributed by atoms with Crippen molar-refractivity contribution in [3.05, 3.63) is 24.0 Å². The summed E-state index contributed by atoms with van der Waals surface area (Å²) in [6.45, 7) is 3.65. The van der Waals surface area contributed by atoms with Crippen LogP contribution in [0.5, 0.6) is 5.75 Å². The number of aliphatic carboxylic acids is 1. The average Bonchev–Trinajstić information content (AvgIpc) is 2.40. The van der Waals surface area contributed by atoms with Gasteiger partial charge >= 0.3 is 12.0 Å². The lowest BCUT2D eigenvalue weighted by Crippen LogP contribution is -2.41. The molecule has 0 heterocycles. The van der Waals surface area contributed by atoms with Crippen LogP contribution in [-0.4, -0.2) is 41.7 Å². The number of carboxylic acid groups (broad SMARTS) is 1. The highest BCUT2D eigenvalue weighted by Gasteiger charge is 2.19. The zero-order valence-corrected chi connectivity index (χ0v) is 12.2. The minimum absolute atomic E-state index is 0.0857. The Morgan fingerprint density at radius 3 is 2.62 bits per heavy atom. The second kappa shape index (κ2) is 7.47. The third kappa shape index (κ3) is 4.94. The van der Waals surface area contributed by atoms with Gasteiger partial charge < -0.3 is 20.1 Å². The van der Waals surface area contributed by atoms with E-state index in [1.807, 2.05) is 0 Å². The molecule has 21 heavy (non-hydrogen) atoms. The number of anilines is 1. The van der Waals surface area contributed by atoms with E-state index in [0.717, 1.165) is 6.07 Å². The van der Waals surface area contributed by atoms with Gasteiger partial charge in [0.2, 0.25) is 0 Å². The third-order valence-corrected chi connectivity index (χ3v) is 2.86. The molecule has 2 N–H and O–H groups in total. The van der Waals surface area contributed by atoms with Gasteiger partial charge in [0.15, 0.2) is 0 Å². The largest absolute Gasteiger partial charge is 0.494 e. The number of hydrogen-bond acceptors (Lipinski definition) is 3. The zero-order valence-electron chi connectivity index (χ0n) is 12.2. The number of methoxy groups -OCH3 is 1. The van der Waals surface area contributed by atoms with Crippen molar-refractivity contribution >= 4 is 17.7 Å². The fourth-order valence-electron chi connectivity index (χ4n) is 1.77. The second-order valence-corrected chi connectivity index (χ2v) is 4.71. The van der Waals surface area contributed by atoms with Crippen LogP contribution in [0.15, 0.2) is 18.2 Å². The quantitative estimate of drug-likeness (QED) is 0.846. The maximum absolute atomic E-state index is 13.1. The first-order valence-electron chi connectivity index (χ1n) is 6.48. The van der Waals surface area contributed by atoms with Crippen molar-refractivity contribution in [1.29, 1.82) is 0 Å². The highest BCUT2D eigenvalue weighted by molar-refractivity contribution is 5.91. The van der Waals surface area contributed by atoms with Crippen LogP contribution in [0.3, 0.4) is 0 Å². The molecule has 1 rings (SSSR count). The van der Waals surface area contributed by atoms with Gasteiger partial charge in [-0.25, -0.2) is 9.18 Å². The molecule has 1 aromatic carbocycles. The number of ether oxygens (including phenoxy) is 1. The minimum atomic E-state index is -0.979. The molecule has 1 aromatic rings. The molecule has 0 saturated carbocycles. The SMILES string of the molecule is COc1cc(F)ccc1NC(=O)N(CCC(=O)O)C(C)C. The van der Waals surface area contributed by atoms with Gasteiger partial charge in [0.25, 0.3) is 0 Å². The number of benzene rings is 1. The normalized spacial score (nSPS) is 10.3. The fourth-order valence-corrected chi connectivity index (χ4v) is 1.77. The lowest BCUT2D eigenvalue weighted by Gasteiger charge is -2.26. The Kier molecular flexibility index (Phi) is 5.95. The van der Waals surface area contributed by atoms with E-state index in [2.05, 4.69) is 5.32 Å². The number of nitrogens with one attached hydrogen (secondary N) is 1. The Labute approximate surface area is 122 Å². The van der Waals surface area contributed by atoms with E-state index in [1.54, 1.807) is 13.8 Å². The van der Waals surface area contributed by atoms with Crippen LogP contribution in [-0.2, 0) is 4.79 Å². The van der Waals surface area contributed by atoms with Gasteiger partial charge in [0.1, 0.15) is 11.6 Å². The van der Waals surface area contributed by atoms with Crippen molar-refractivity contribution in [3.63, 3.8) is 0 Å². The van der Waals surface area contributed by atoms with Crippen LogP contribution in [0.4, 0.5) is 14.9 Å². The van der Waals surface area contributed by atoms with Gasteiger partial charge in [-0.15, -0.1) is 0 Å².